The van der Waals surface area contributed by atoms with E-state index in [1.807, 2.05) is 19.1 Å². The molecule has 144 valence electrons. The molecule has 0 aliphatic carbocycles. The molecule has 0 aliphatic rings. The van der Waals surface area contributed by atoms with Gasteiger partial charge in [-0.15, -0.1) is 10.2 Å². The van der Waals surface area contributed by atoms with Crippen molar-refractivity contribution in [2.45, 2.75) is 19.0 Å². The Morgan fingerprint density at radius 2 is 2.00 bits per heavy atom. The third-order valence-corrected chi connectivity index (χ3v) is 5.32. The van der Waals surface area contributed by atoms with Gasteiger partial charge in [0.25, 0.3) is 5.69 Å². The Balaban J connectivity index is 1.68. The molecule has 3 rings (SSSR count). The number of hydrogen-bond donors (Lipinski definition) is 1. The highest BCUT2D eigenvalue weighted by molar-refractivity contribution is 7.99. The monoisotopic (exact) mass is 417 g/mol. The third kappa shape index (κ3) is 4.49. The summed E-state index contributed by atoms with van der Waals surface area (Å²) in [4.78, 5) is 22.8. The molecule has 0 saturated heterocycles. The predicted molar refractivity (Wildman–Crippen MR) is 108 cm³/mol. The molecule has 1 amide bonds. The van der Waals surface area contributed by atoms with E-state index in [2.05, 4.69) is 15.5 Å². The number of hydrogen-bond acceptors (Lipinski definition) is 6. The van der Waals surface area contributed by atoms with E-state index in [0.717, 1.165) is 11.3 Å². The van der Waals surface area contributed by atoms with Crippen molar-refractivity contribution in [1.29, 1.82) is 0 Å². The van der Waals surface area contributed by atoms with Crippen LogP contribution in [0.5, 0.6) is 0 Å². The first kappa shape index (κ1) is 19.8. The number of amides is 1. The highest BCUT2D eigenvalue weighted by atomic mass is 35.5. The summed E-state index contributed by atoms with van der Waals surface area (Å²) in [5, 5.41) is 22.8. The molecule has 0 atom stereocenters. The fraction of sp³-hybridized carbons (Fsp3) is 0.167. The summed E-state index contributed by atoms with van der Waals surface area (Å²) < 4.78 is 1.74. The lowest BCUT2D eigenvalue weighted by atomic mass is 10.2. The van der Waals surface area contributed by atoms with E-state index in [1.165, 1.54) is 17.8 Å². The molecule has 3 aromatic rings. The van der Waals surface area contributed by atoms with Crippen LogP contribution >= 0.6 is 23.4 Å². The lowest BCUT2D eigenvalue weighted by molar-refractivity contribution is -0.385. The summed E-state index contributed by atoms with van der Waals surface area (Å²) >= 11 is 7.37. The normalized spacial score (nSPS) is 10.7. The van der Waals surface area contributed by atoms with E-state index in [-0.39, 0.29) is 17.3 Å². The van der Waals surface area contributed by atoms with Gasteiger partial charge in [-0.05, 0) is 37.6 Å². The molecule has 0 spiro atoms. The van der Waals surface area contributed by atoms with Crippen molar-refractivity contribution in [1.82, 2.24) is 14.8 Å². The molecule has 0 bridgehead atoms. The van der Waals surface area contributed by atoms with Crippen LogP contribution in [0.3, 0.4) is 0 Å². The minimum atomic E-state index is -0.477. The summed E-state index contributed by atoms with van der Waals surface area (Å²) in [7, 11) is 0. The SMILES string of the molecule is Cc1ccc(-n2cnnc2SCC(=O)Nc2ccc(C)c([N+](=O)[O-])c2)cc1Cl. The summed E-state index contributed by atoms with van der Waals surface area (Å²) in [6, 6.07) is 10.1. The number of nitrogens with zero attached hydrogens (tertiary/aromatic N) is 4. The first-order valence-electron chi connectivity index (χ1n) is 8.19. The van der Waals surface area contributed by atoms with Crippen molar-refractivity contribution in [3.63, 3.8) is 0 Å². The van der Waals surface area contributed by atoms with Crippen molar-refractivity contribution < 1.29 is 9.72 Å². The number of nitro groups is 1. The maximum Gasteiger partial charge on any atom is 0.274 e. The van der Waals surface area contributed by atoms with Gasteiger partial charge in [0.2, 0.25) is 5.91 Å². The molecule has 0 fully saturated rings. The maximum atomic E-state index is 12.2. The van der Waals surface area contributed by atoms with Gasteiger partial charge in [-0.1, -0.05) is 35.5 Å². The van der Waals surface area contributed by atoms with E-state index >= 15 is 0 Å². The fourth-order valence-corrected chi connectivity index (χ4v) is 3.35. The smallest absolute Gasteiger partial charge is 0.274 e. The van der Waals surface area contributed by atoms with Crippen LogP contribution in [-0.4, -0.2) is 31.3 Å². The second-order valence-electron chi connectivity index (χ2n) is 6.01. The molecule has 10 heteroatoms. The fourth-order valence-electron chi connectivity index (χ4n) is 2.44. The number of aromatic nitrogens is 3. The molecular weight excluding hydrogens is 402 g/mol. The van der Waals surface area contributed by atoms with Crippen LogP contribution in [0.15, 0.2) is 47.9 Å². The average Bonchev–Trinajstić information content (AvgIpc) is 3.12. The minimum absolute atomic E-state index is 0.0403. The van der Waals surface area contributed by atoms with Gasteiger partial charge in [0, 0.05) is 22.3 Å². The Labute approximate surface area is 170 Å². The zero-order valence-electron chi connectivity index (χ0n) is 15.0. The molecule has 1 N–H and O–H groups in total. The van der Waals surface area contributed by atoms with E-state index in [0.29, 0.717) is 21.4 Å². The maximum absolute atomic E-state index is 12.2. The zero-order chi connectivity index (χ0) is 20.3. The molecular formula is C18H16ClN5O3S. The number of halogens is 1. The van der Waals surface area contributed by atoms with Gasteiger partial charge in [0.05, 0.1) is 16.4 Å². The van der Waals surface area contributed by atoms with Gasteiger partial charge in [-0.3, -0.25) is 19.5 Å². The van der Waals surface area contributed by atoms with Crippen molar-refractivity contribution >= 4 is 40.6 Å². The van der Waals surface area contributed by atoms with Crippen LogP contribution in [0.1, 0.15) is 11.1 Å². The highest BCUT2D eigenvalue weighted by Gasteiger charge is 2.14. The number of nitro benzene ring substituents is 1. The number of carbonyl (C=O) groups excluding carboxylic acids is 1. The highest BCUT2D eigenvalue weighted by Crippen LogP contribution is 2.25. The lowest BCUT2D eigenvalue weighted by Gasteiger charge is -2.08. The molecule has 0 radical (unpaired) electrons. The van der Waals surface area contributed by atoms with Crippen LogP contribution in [0.25, 0.3) is 5.69 Å². The Hall–Kier alpha value is -2.91. The summed E-state index contributed by atoms with van der Waals surface area (Å²) in [6.45, 7) is 3.55. The first-order chi connectivity index (χ1) is 13.3. The van der Waals surface area contributed by atoms with E-state index in [1.54, 1.807) is 36.0 Å². The van der Waals surface area contributed by atoms with Gasteiger partial charge < -0.3 is 5.32 Å². The van der Waals surface area contributed by atoms with Crippen LogP contribution in [0, 0.1) is 24.0 Å². The Bertz CT molecular complexity index is 1050. The van der Waals surface area contributed by atoms with Gasteiger partial charge in [-0.2, -0.15) is 0 Å². The topological polar surface area (TPSA) is 103 Å². The Kier molecular flexibility index (Phi) is 5.96. The zero-order valence-corrected chi connectivity index (χ0v) is 16.6. The van der Waals surface area contributed by atoms with Crippen LogP contribution in [0.4, 0.5) is 11.4 Å². The Morgan fingerprint density at radius 1 is 1.25 bits per heavy atom. The molecule has 1 heterocycles. The molecule has 8 nitrogen and oxygen atoms in total. The number of aryl methyl sites for hydroxylation is 2. The number of nitrogens with one attached hydrogen (secondary N) is 1. The molecule has 0 saturated carbocycles. The van der Waals surface area contributed by atoms with E-state index in [9.17, 15) is 14.9 Å². The Morgan fingerprint density at radius 3 is 2.71 bits per heavy atom. The van der Waals surface area contributed by atoms with Gasteiger partial charge in [-0.25, -0.2) is 0 Å². The van der Waals surface area contributed by atoms with E-state index < -0.39 is 4.92 Å². The van der Waals surface area contributed by atoms with Crippen molar-refractivity contribution in [2.24, 2.45) is 0 Å². The van der Waals surface area contributed by atoms with Crippen LogP contribution in [0.2, 0.25) is 5.02 Å². The molecule has 0 unspecified atom stereocenters. The average molecular weight is 418 g/mol. The summed E-state index contributed by atoms with van der Waals surface area (Å²) in [6.07, 6.45) is 1.55. The standard InChI is InChI=1S/C18H16ClN5O3S/c1-11-4-6-14(8-15(11)19)23-10-20-22-18(23)28-9-17(25)21-13-5-3-12(2)16(7-13)24(26)27/h3-8,10H,9H2,1-2H3,(H,21,25). The summed E-state index contributed by atoms with van der Waals surface area (Å²) in [5.74, 6) is -0.236. The van der Waals surface area contributed by atoms with Gasteiger partial charge in [0.1, 0.15) is 6.33 Å². The van der Waals surface area contributed by atoms with Gasteiger partial charge >= 0.3 is 0 Å². The minimum Gasteiger partial charge on any atom is -0.325 e. The quantitative estimate of drug-likeness (QED) is 0.366. The summed E-state index contributed by atoms with van der Waals surface area (Å²) in [5.41, 5.74) is 2.61. The van der Waals surface area contributed by atoms with Gasteiger partial charge in [0.15, 0.2) is 5.16 Å². The second kappa shape index (κ2) is 8.41. The number of benzene rings is 2. The molecule has 1 aromatic heterocycles. The molecule has 28 heavy (non-hydrogen) atoms. The molecule has 2 aromatic carbocycles. The van der Waals surface area contributed by atoms with Crippen LogP contribution in [-0.2, 0) is 4.79 Å². The number of anilines is 1. The number of carbonyl (C=O) groups is 1. The first-order valence-corrected chi connectivity index (χ1v) is 9.56. The second-order valence-corrected chi connectivity index (χ2v) is 7.36. The third-order valence-electron chi connectivity index (χ3n) is 3.97. The largest absolute Gasteiger partial charge is 0.325 e. The number of rotatable bonds is 6. The number of thioether (sulfide) groups is 1. The lowest BCUT2D eigenvalue weighted by Crippen LogP contribution is -2.14. The van der Waals surface area contributed by atoms with Crippen molar-refractivity contribution in [3.05, 3.63) is 69.0 Å². The predicted octanol–water partition coefficient (Wildman–Crippen LogP) is 4.18. The van der Waals surface area contributed by atoms with Crippen molar-refractivity contribution in [3.8, 4) is 5.69 Å². The van der Waals surface area contributed by atoms with E-state index in [4.69, 9.17) is 11.6 Å². The molecule has 0 aliphatic heterocycles. The van der Waals surface area contributed by atoms with Crippen molar-refractivity contribution in [2.75, 3.05) is 11.1 Å². The van der Waals surface area contributed by atoms with Crippen LogP contribution < -0.4 is 5.32 Å².